The van der Waals surface area contributed by atoms with Gasteiger partial charge in [-0.05, 0) is 65.7 Å². The van der Waals surface area contributed by atoms with E-state index in [0.717, 1.165) is 5.56 Å². The molecule has 1 heterocycles. The quantitative estimate of drug-likeness (QED) is 0.330. The van der Waals surface area contributed by atoms with Crippen molar-refractivity contribution in [2.45, 2.75) is 19.8 Å². The van der Waals surface area contributed by atoms with Crippen molar-refractivity contribution in [1.29, 1.82) is 0 Å². The summed E-state index contributed by atoms with van der Waals surface area (Å²) in [4.78, 5) is 24.5. The molecule has 170 valence electrons. The zero-order valence-electron chi connectivity index (χ0n) is 18.5. The maximum atomic E-state index is 12.3. The van der Waals surface area contributed by atoms with Gasteiger partial charge in [0.05, 0.1) is 19.1 Å². The second-order valence-electron chi connectivity index (χ2n) is 7.44. The number of benzene rings is 2. The first-order valence-electron chi connectivity index (χ1n) is 10.3. The molecule has 7 nitrogen and oxygen atoms in total. The van der Waals surface area contributed by atoms with Crippen LogP contribution >= 0.6 is 12.2 Å². The van der Waals surface area contributed by atoms with Crippen LogP contribution in [0.25, 0.3) is 6.08 Å². The monoisotopic (exact) mass is 463 g/mol. The van der Waals surface area contributed by atoms with Gasteiger partial charge in [-0.1, -0.05) is 38.1 Å². The van der Waals surface area contributed by atoms with E-state index < -0.39 is 5.91 Å². The summed E-state index contributed by atoms with van der Waals surface area (Å²) in [6.07, 6.45) is 4.55. The minimum Gasteiger partial charge on any atom is -0.495 e. The van der Waals surface area contributed by atoms with Gasteiger partial charge in [0.15, 0.2) is 10.9 Å². The van der Waals surface area contributed by atoms with Crippen molar-refractivity contribution in [3.05, 3.63) is 83.8 Å². The molecule has 0 aliphatic heterocycles. The van der Waals surface area contributed by atoms with Gasteiger partial charge in [-0.25, -0.2) is 0 Å². The van der Waals surface area contributed by atoms with E-state index in [1.54, 1.807) is 36.4 Å². The van der Waals surface area contributed by atoms with E-state index in [1.807, 2.05) is 24.3 Å². The topological polar surface area (TPSA) is 92.6 Å². The van der Waals surface area contributed by atoms with Gasteiger partial charge >= 0.3 is 0 Å². The SMILES string of the molecule is COc1ccc(NC(=O)c2ccco2)cc1NC(=S)NC(=O)/C=C/c1ccc(C(C)C)cc1. The van der Waals surface area contributed by atoms with E-state index >= 15 is 0 Å². The minimum atomic E-state index is -0.390. The van der Waals surface area contributed by atoms with E-state index in [1.165, 1.54) is 25.0 Å². The molecular weight excluding hydrogens is 438 g/mol. The highest BCUT2D eigenvalue weighted by atomic mass is 32.1. The second-order valence-corrected chi connectivity index (χ2v) is 7.85. The number of anilines is 2. The average molecular weight is 464 g/mol. The Kier molecular flexibility index (Phi) is 7.99. The number of ether oxygens (including phenoxy) is 1. The number of hydrogen-bond acceptors (Lipinski definition) is 5. The van der Waals surface area contributed by atoms with Crippen LogP contribution in [-0.4, -0.2) is 24.0 Å². The van der Waals surface area contributed by atoms with Crippen molar-refractivity contribution in [3.8, 4) is 5.75 Å². The van der Waals surface area contributed by atoms with Gasteiger partial charge in [-0.3, -0.25) is 14.9 Å². The lowest BCUT2D eigenvalue weighted by Gasteiger charge is -2.14. The number of methoxy groups -OCH3 is 1. The van der Waals surface area contributed by atoms with Gasteiger partial charge in [-0.15, -0.1) is 0 Å². The highest BCUT2D eigenvalue weighted by molar-refractivity contribution is 7.80. The Hall–Kier alpha value is -3.91. The fraction of sp³-hybridized carbons (Fsp3) is 0.160. The van der Waals surface area contributed by atoms with Crippen LogP contribution in [0.3, 0.4) is 0 Å². The molecule has 0 saturated heterocycles. The fourth-order valence-electron chi connectivity index (χ4n) is 2.95. The first kappa shape index (κ1) is 23.7. The third-order valence-corrected chi connectivity index (χ3v) is 4.92. The molecule has 0 aliphatic rings. The first-order valence-corrected chi connectivity index (χ1v) is 10.7. The summed E-state index contributed by atoms with van der Waals surface area (Å²) in [5.41, 5.74) is 3.13. The number of nitrogens with one attached hydrogen (secondary N) is 3. The molecule has 8 heteroatoms. The third kappa shape index (κ3) is 6.78. The zero-order valence-corrected chi connectivity index (χ0v) is 19.4. The maximum absolute atomic E-state index is 12.3. The summed E-state index contributed by atoms with van der Waals surface area (Å²) in [6, 6.07) is 16.2. The van der Waals surface area contributed by atoms with Gasteiger partial charge in [0, 0.05) is 11.8 Å². The zero-order chi connectivity index (χ0) is 23.8. The van der Waals surface area contributed by atoms with Crippen LogP contribution in [0.1, 0.15) is 41.4 Å². The summed E-state index contributed by atoms with van der Waals surface area (Å²) in [6.45, 7) is 4.26. The maximum Gasteiger partial charge on any atom is 0.291 e. The summed E-state index contributed by atoms with van der Waals surface area (Å²) in [5.74, 6) is 0.362. The molecule has 0 saturated carbocycles. The van der Waals surface area contributed by atoms with E-state index in [4.69, 9.17) is 21.4 Å². The van der Waals surface area contributed by atoms with Crippen LogP contribution in [0, 0.1) is 0 Å². The number of hydrogen-bond donors (Lipinski definition) is 3. The number of carbonyl (C=O) groups excluding carboxylic acids is 2. The molecule has 2 amide bonds. The molecule has 0 unspecified atom stereocenters. The molecule has 3 aromatic rings. The molecule has 3 N–H and O–H groups in total. The molecule has 0 radical (unpaired) electrons. The molecule has 1 aromatic heterocycles. The van der Waals surface area contributed by atoms with Gasteiger partial charge in [0.25, 0.3) is 5.91 Å². The number of carbonyl (C=O) groups is 2. The lowest BCUT2D eigenvalue weighted by molar-refractivity contribution is -0.115. The molecule has 3 rings (SSSR count). The number of amides is 2. The summed E-state index contributed by atoms with van der Waals surface area (Å²) >= 11 is 5.26. The fourth-order valence-corrected chi connectivity index (χ4v) is 3.17. The van der Waals surface area contributed by atoms with Crippen molar-refractivity contribution in [2.24, 2.45) is 0 Å². The first-order chi connectivity index (χ1) is 15.9. The highest BCUT2D eigenvalue weighted by Gasteiger charge is 2.12. The summed E-state index contributed by atoms with van der Waals surface area (Å²) < 4.78 is 10.4. The van der Waals surface area contributed by atoms with Gasteiger partial charge < -0.3 is 19.8 Å². The van der Waals surface area contributed by atoms with E-state index in [2.05, 4.69) is 29.8 Å². The van der Waals surface area contributed by atoms with Gasteiger partial charge in [0.1, 0.15) is 5.75 Å². The Morgan fingerprint density at radius 3 is 2.45 bits per heavy atom. The Bertz CT molecular complexity index is 1150. The molecule has 0 spiro atoms. The van der Waals surface area contributed by atoms with E-state index in [9.17, 15) is 9.59 Å². The predicted octanol–water partition coefficient (Wildman–Crippen LogP) is 5.19. The Balaban J connectivity index is 1.61. The van der Waals surface area contributed by atoms with Crippen LogP contribution in [0.2, 0.25) is 0 Å². The lowest BCUT2D eigenvalue weighted by atomic mass is 10.0. The molecule has 0 fully saturated rings. The van der Waals surface area contributed by atoms with Crippen LogP contribution in [-0.2, 0) is 4.79 Å². The van der Waals surface area contributed by atoms with Crippen LogP contribution < -0.4 is 20.7 Å². The highest BCUT2D eigenvalue weighted by Crippen LogP contribution is 2.28. The van der Waals surface area contributed by atoms with E-state index in [-0.39, 0.29) is 16.8 Å². The minimum absolute atomic E-state index is 0.0904. The van der Waals surface area contributed by atoms with Crippen molar-refractivity contribution in [1.82, 2.24) is 5.32 Å². The number of furan rings is 1. The Morgan fingerprint density at radius 2 is 1.82 bits per heavy atom. The third-order valence-electron chi connectivity index (χ3n) is 4.72. The predicted molar refractivity (Wildman–Crippen MR) is 134 cm³/mol. The Labute approximate surface area is 197 Å². The van der Waals surface area contributed by atoms with Crippen LogP contribution in [0.4, 0.5) is 11.4 Å². The average Bonchev–Trinajstić information content (AvgIpc) is 3.33. The molecule has 2 aromatic carbocycles. The van der Waals surface area contributed by atoms with Gasteiger partial charge in [-0.2, -0.15) is 0 Å². The van der Waals surface area contributed by atoms with Crippen molar-refractivity contribution >= 4 is 46.6 Å². The summed E-state index contributed by atoms with van der Waals surface area (Å²) in [7, 11) is 1.51. The summed E-state index contributed by atoms with van der Waals surface area (Å²) in [5, 5.41) is 8.34. The molecule has 0 aliphatic carbocycles. The van der Waals surface area contributed by atoms with Crippen LogP contribution in [0.15, 0.2) is 71.4 Å². The lowest BCUT2D eigenvalue weighted by Crippen LogP contribution is -2.33. The largest absolute Gasteiger partial charge is 0.495 e. The van der Waals surface area contributed by atoms with Crippen LogP contribution in [0.5, 0.6) is 5.75 Å². The van der Waals surface area contributed by atoms with Crippen molar-refractivity contribution in [3.63, 3.8) is 0 Å². The standard InChI is InChI=1S/C25H25N3O4S/c1-16(2)18-9-6-17(7-10-18)8-13-23(29)28-25(33)27-20-15-19(11-12-21(20)31-3)26-24(30)22-5-4-14-32-22/h4-16H,1-3H3,(H,26,30)(H2,27,28,29,33)/b13-8+. The number of thiocarbonyl (C=S) groups is 1. The Morgan fingerprint density at radius 1 is 1.06 bits per heavy atom. The molecular formula is C25H25N3O4S. The normalized spacial score (nSPS) is 10.8. The number of rotatable bonds is 7. The molecule has 0 bridgehead atoms. The van der Waals surface area contributed by atoms with Crippen molar-refractivity contribution < 1.29 is 18.7 Å². The van der Waals surface area contributed by atoms with Crippen molar-refractivity contribution in [2.75, 3.05) is 17.7 Å². The van der Waals surface area contributed by atoms with E-state index in [0.29, 0.717) is 23.0 Å². The molecule has 0 atom stereocenters. The molecule has 33 heavy (non-hydrogen) atoms. The smallest absolute Gasteiger partial charge is 0.291 e. The van der Waals surface area contributed by atoms with Gasteiger partial charge in [0.2, 0.25) is 5.91 Å². The second kappa shape index (κ2) is 11.1.